The molecule has 134 valence electrons. The highest BCUT2D eigenvalue weighted by Gasteiger charge is 2.29. The molecule has 6 nitrogen and oxygen atoms in total. The molecule has 2 amide bonds. The van der Waals surface area contributed by atoms with Gasteiger partial charge in [0.1, 0.15) is 0 Å². The van der Waals surface area contributed by atoms with Crippen LogP contribution in [-0.2, 0) is 4.79 Å². The number of hydrogen-bond acceptors (Lipinski definition) is 3. The van der Waals surface area contributed by atoms with Crippen LogP contribution in [0.25, 0.3) is 0 Å². The number of aromatic carboxylic acids is 1. The molecule has 0 radical (unpaired) electrons. The standard InChI is InChI=1S/C20H20N2O4/c1-11-9-12(2)17(10-16(11)20(25)26)22-19(24)14-5-7-15(8-6-14)21-18(23)13-3-4-13/h5-10,13H,3-4H2,1-2H3,(H,21,23)(H,22,24)(H,25,26). The Hall–Kier alpha value is -3.15. The summed E-state index contributed by atoms with van der Waals surface area (Å²) < 4.78 is 0. The Labute approximate surface area is 151 Å². The first-order chi connectivity index (χ1) is 12.3. The van der Waals surface area contributed by atoms with Gasteiger partial charge in [0, 0.05) is 22.9 Å². The highest BCUT2D eigenvalue weighted by molar-refractivity contribution is 6.05. The number of hydrogen-bond donors (Lipinski definition) is 3. The summed E-state index contributed by atoms with van der Waals surface area (Å²) in [7, 11) is 0. The fourth-order valence-electron chi connectivity index (χ4n) is 2.71. The first kappa shape index (κ1) is 17.7. The van der Waals surface area contributed by atoms with Crippen LogP contribution in [0.2, 0.25) is 0 Å². The Kier molecular flexibility index (Phi) is 4.75. The highest BCUT2D eigenvalue weighted by Crippen LogP contribution is 2.30. The van der Waals surface area contributed by atoms with Crippen LogP contribution in [0, 0.1) is 19.8 Å². The number of carboxylic acids is 1. The Morgan fingerprint density at radius 2 is 1.62 bits per heavy atom. The van der Waals surface area contributed by atoms with Gasteiger partial charge in [-0.1, -0.05) is 6.07 Å². The molecule has 1 saturated carbocycles. The van der Waals surface area contributed by atoms with Gasteiger partial charge in [-0.05, 0) is 68.1 Å². The summed E-state index contributed by atoms with van der Waals surface area (Å²) in [5.74, 6) is -1.24. The van der Waals surface area contributed by atoms with Crippen molar-refractivity contribution in [1.82, 2.24) is 0 Å². The van der Waals surface area contributed by atoms with Crippen molar-refractivity contribution in [3.8, 4) is 0 Å². The monoisotopic (exact) mass is 352 g/mol. The van der Waals surface area contributed by atoms with E-state index in [9.17, 15) is 19.5 Å². The van der Waals surface area contributed by atoms with Crippen LogP contribution < -0.4 is 10.6 Å². The molecule has 2 aromatic rings. The number of amides is 2. The number of carbonyl (C=O) groups excluding carboxylic acids is 2. The molecule has 1 aliphatic rings. The summed E-state index contributed by atoms with van der Waals surface area (Å²) >= 11 is 0. The number of carboxylic acid groups (broad SMARTS) is 1. The van der Waals surface area contributed by atoms with Crippen molar-refractivity contribution in [3.05, 3.63) is 58.7 Å². The average molecular weight is 352 g/mol. The summed E-state index contributed by atoms with van der Waals surface area (Å²) in [4.78, 5) is 35.5. The van der Waals surface area contributed by atoms with Crippen LogP contribution in [0.15, 0.2) is 36.4 Å². The lowest BCUT2D eigenvalue weighted by Gasteiger charge is -2.12. The lowest BCUT2D eigenvalue weighted by Crippen LogP contribution is -2.15. The van der Waals surface area contributed by atoms with E-state index >= 15 is 0 Å². The Balaban J connectivity index is 1.72. The molecule has 0 aliphatic heterocycles. The largest absolute Gasteiger partial charge is 0.478 e. The van der Waals surface area contributed by atoms with E-state index in [1.54, 1.807) is 37.3 Å². The van der Waals surface area contributed by atoms with E-state index < -0.39 is 5.97 Å². The van der Waals surface area contributed by atoms with Crippen molar-refractivity contribution >= 4 is 29.2 Å². The fraction of sp³-hybridized carbons (Fsp3) is 0.250. The van der Waals surface area contributed by atoms with E-state index in [1.165, 1.54) is 6.07 Å². The normalized spacial score (nSPS) is 13.2. The van der Waals surface area contributed by atoms with Crippen LogP contribution in [0.3, 0.4) is 0 Å². The number of rotatable bonds is 5. The molecule has 26 heavy (non-hydrogen) atoms. The molecular weight excluding hydrogens is 332 g/mol. The number of nitrogens with one attached hydrogen (secondary N) is 2. The highest BCUT2D eigenvalue weighted by atomic mass is 16.4. The van der Waals surface area contributed by atoms with Gasteiger partial charge in [-0.3, -0.25) is 9.59 Å². The zero-order chi connectivity index (χ0) is 18.8. The van der Waals surface area contributed by atoms with Gasteiger partial charge in [-0.15, -0.1) is 0 Å². The summed E-state index contributed by atoms with van der Waals surface area (Å²) in [5, 5.41) is 14.8. The number of anilines is 2. The minimum atomic E-state index is -1.03. The second-order valence-corrected chi connectivity index (χ2v) is 6.58. The molecule has 0 aromatic heterocycles. The van der Waals surface area contributed by atoms with Crippen LogP contribution >= 0.6 is 0 Å². The van der Waals surface area contributed by atoms with Crippen molar-refractivity contribution in [2.75, 3.05) is 10.6 Å². The van der Waals surface area contributed by atoms with Gasteiger partial charge in [0.25, 0.3) is 5.91 Å². The van der Waals surface area contributed by atoms with Crippen molar-refractivity contribution < 1.29 is 19.5 Å². The lowest BCUT2D eigenvalue weighted by atomic mass is 10.0. The molecule has 1 aliphatic carbocycles. The van der Waals surface area contributed by atoms with Gasteiger partial charge in [-0.25, -0.2) is 4.79 Å². The molecule has 0 heterocycles. The predicted octanol–water partition coefficient (Wildman–Crippen LogP) is 3.60. The van der Waals surface area contributed by atoms with Gasteiger partial charge in [-0.2, -0.15) is 0 Å². The van der Waals surface area contributed by atoms with Crippen LogP contribution in [0.5, 0.6) is 0 Å². The minimum Gasteiger partial charge on any atom is -0.478 e. The number of aryl methyl sites for hydroxylation is 2. The third kappa shape index (κ3) is 3.91. The SMILES string of the molecule is Cc1cc(C)c(C(=O)O)cc1NC(=O)c1ccc(NC(=O)C2CC2)cc1. The molecule has 2 aromatic carbocycles. The van der Waals surface area contributed by atoms with Crippen LogP contribution in [-0.4, -0.2) is 22.9 Å². The summed E-state index contributed by atoms with van der Waals surface area (Å²) in [6, 6.07) is 9.81. The maximum atomic E-state index is 12.4. The van der Waals surface area contributed by atoms with Gasteiger partial charge in [0.2, 0.25) is 5.91 Å². The summed E-state index contributed by atoms with van der Waals surface area (Å²) in [5.41, 5.74) is 3.12. The van der Waals surface area contributed by atoms with Crippen LogP contribution in [0.1, 0.15) is 44.7 Å². The van der Waals surface area contributed by atoms with Gasteiger partial charge < -0.3 is 15.7 Å². The number of carbonyl (C=O) groups is 3. The van der Waals surface area contributed by atoms with Crippen molar-refractivity contribution in [2.45, 2.75) is 26.7 Å². The average Bonchev–Trinajstić information content (AvgIpc) is 3.42. The molecule has 1 fully saturated rings. The van der Waals surface area contributed by atoms with E-state index in [-0.39, 0.29) is 23.3 Å². The maximum absolute atomic E-state index is 12.4. The zero-order valence-corrected chi connectivity index (χ0v) is 14.6. The van der Waals surface area contributed by atoms with E-state index in [0.717, 1.165) is 18.4 Å². The smallest absolute Gasteiger partial charge is 0.336 e. The third-order valence-electron chi connectivity index (χ3n) is 4.41. The van der Waals surface area contributed by atoms with Crippen molar-refractivity contribution in [2.24, 2.45) is 5.92 Å². The topological polar surface area (TPSA) is 95.5 Å². The van der Waals surface area contributed by atoms with Gasteiger partial charge in [0.15, 0.2) is 0 Å². The zero-order valence-electron chi connectivity index (χ0n) is 14.6. The lowest BCUT2D eigenvalue weighted by molar-refractivity contribution is -0.117. The second-order valence-electron chi connectivity index (χ2n) is 6.58. The summed E-state index contributed by atoms with van der Waals surface area (Å²) in [6.45, 7) is 3.53. The predicted molar refractivity (Wildman–Crippen MR) is 98.6 cm³/mol. The Bertz CT molecular complexity index is 883. The molecule has 0 saturated heterocycles. The fourth-order valence-corrected chi connectivity index (χ4v) is 2.71. The van der Waals surface area contributed by atoms with Gasteiger partial charge in [0.05, 0.1) is 5.56 Å². The number of benzene rings is 2. The summed E-state index contributed by atoms with van der Waals surface area (Å²) in [6.07, 6.45) is 1.86. The van der Waals surface area contributed by atoms with E-state index in [2.05, 4.69) is 10.6 Å². The maximum Gasteiger partial charge on any atom is 0.336 e. The molecule has 3 N–H and O–H groups in total. The van der Waals surface area contributed by atoms with E-state index in [1.807, 2.05) is 6.92 Å². The first-order valence-corrected chi connectivity index (χ1v) is 8.42. The molecule has 3 rings (SSSR count). The van der Waals surface area contributed by atoms with Crippen LogP contribution in [0.4, 0.5) is 11.4 Å². The van der Waals surface area contributed by atoms with Crippen molar-refractivity contribution in [3.63, 3.8) is 0 Å². The Morgan fingerprint density at radius 1 is 0.962 bits per heavy atom. The minimum absolute atomic E-state index is 0.0127. The molecule has 0 spiro atoms. The second kappa shape index (κ2) is 7.00. The Morgan fingerprint density at radius 3 is 2.19 bits per heavy atom. The quantitative estimate of drug-likeness (QED) is 0.766. The van der Waals surface area contributed by atoms with E-state index in [0.29, 0.717) is 22.5 Å². The van der Waals surface area contributed by atoms with E-state index in [4.69, 9.17) is 0 Å². The molecular formula is C20H20N2O4. The van der Waals surface area contributed by atoms with Crippen molar-refractivity contribution in [1.29, 1.82) is 0 Å². The molecule has 0 bridgehead atoms. The first-order valence-electron chi connectivity index (χ1n) is 8.42. The van der Waals surface area contributed by atoms with Gasteiger partial charge >= 0.3 is 5.97 Å². The molecule has 0 atom stereocenters. The third-order valence-corrected chi connectivity index (χ3v) is 4.41. The molecule has 6 heteroatoms. The molecule has 0 unspecified atom stereocenters.